The SMILES string of the molecule is O=C(C=Cc1ccc([N+](=O)[O-])cc1)NC12CC3CC(CC(C3)C1)C2. The molecule has 4 bridgehead atoms. The van der Waals surface area contributed by atoms with Gasteiger partial charge in [0.1, 0.15) is 0 Å². The maximum atomic E-state index is 12.4. The number of rotatable bonds is 4. The smallest absolute Gasteiger partial charge is 0.269 e. The van der Waals surface area contributed by atoms with Gasteiger partial charge in [0.25, 0.3) is 5.69 Å². The highest BCUT2D eigenvalue weighted by Crippen LogP contribution is 2.55. The molecular weight excluding hydrogens is 304 g/mol. The maximum Gasteiger partial charge on any atom is 0.269 e. The second-order valence-electron chi connectivity index (χ2n) is 7.87. The number of non-ortho nitro benzene ring substituents is 1. The summed E-state index contributed by atoms with van der Waals surface area (Å²) in [5, 5.41) is 13.9. The molecule has 0 heterocycles. The van der Waals surface area contributed by atoms with Crippen LogP contribution < -0.4 is 5.32 Å². The second kappa shape index (κ2) is 5.72. The first kappa shape index (κ1) is 15.4. The molecule has 1 N–H and O–H groups in total. The number of carbonyl (C=O) groups is 1. The normalized spacial score (nSPS) is 33.8. The molecule has 4 aliphatic carbocycles. The molecule has 24 heavy (non-hydrogen) atoms. The van der Waals surface area contributed by atoms with Gasteiger partial charge in [0, 0.05) is 23.7 Å². The summed E-state index contributed by atoms with van der Waals surface area (Å²) in [4.78, 5) is 22.6. The molecule has 0 atom stereocenters. The molecule has 5 heteroatoms. The minimum absolute atomic E-state index is 0.0195. The Kier molecular flexibility index (Phi) is 3.66. The Hall–Kier alpha value is -2.17. The molecule has 4 fully saturated rings. The zero-order chi connectivity index (χ0) is 16.7. The van der Waals surface area contributed by atoms with Crippen molar-refractivity contribution < 1.29 is 9.72 Å². The Labute approximate surface area is 141 Å². The van der Waals surface area contributed by atoms with E-state index in [1.807, 2.05) is 0 Å². The Bertz CT molecular complexity index is 658. The van der Waals surface area contributed by atoms with Crippen LogP contribution in [0.25, 0.3) is 6.08 Å². The maximum absolute atomic E-state index is 12.4. The number of benzene rings is 1. The molecule has 1 aromatic carbocycles. The lowest BCUT2D eigenvalue weighted by Gasteiger charge is -2.56. The van der Waals surface area contributed by atoms with Crippen LogP contribution in [0.15, 0.2) is 30.3 Å². The average molecular weight is 326 g/mol. The summed E-state index contributed by atoms with van der Waals surface area (Å²) in [6.45, 7) is 0. The summed E-state index contributed by atoms with van der Waals surface area (Å²) in [7, 11) is 0. The fourth-order valence-electron chi connectivity index (χ4n) is 5.45. The molecule has 4 saturated carbocycles. The minimum atomic E-state index is -0.423. The molecule has 0 saturated heterocycles. The van der Waals surface area contributed by atoms with Crippen LogP contribution in [0.2, 0.25) is 0 Å². The monoisotopic (exact) mass is 326 g/mol. The van der Waals surface area contributed by atoms with Gasteiger partial charge in [-0.2, -0.15) is 0 Å². The minimum Gasteiger partial charge on any atom is -0.347 e. The van der Waals surface area contributed by atoms with Gasteiger partial charge < -0.3 is 5.32 Å². The first-order chi connectivity index (χ1) is 11.5. The van der Waals surface area contributed by atoms with Gasteiger partial charge in [-0.3, -0.25) is 14.9 Å². The lowest BCUT2D eigenvalue weighted by molar-refractivity contribution is -0.384. The number of amides is 1. The van der Waals surface area contributed by atoms with Crippen molar-refractivity contribution in [3.05, 3.63) is 46.0 Å². The molecule has 0 spiro atoms. The highest BCUT2D eigenvalue weighted by molar-refractivity contribution is 5.92. The van der Waals surface area contributed by atoms with Crippen LogP contribution in [0.1, 0.15) is 44.1 Å². The predicted octanol–water partition coefficient (Wildman–Crippen LogP) is 3.69. The van der Waals surface area contributed by atoms with E-state index in [4.69, 9.17) is 0 Å². The van der Waals surface area contributed by atoms with E-state index in [1.165, 1.54) is 31.4 Å². The number of hydrogen-bond donors (Lipinski definition) is 1. The van der Waals surface area contributed by atoms with Crippen molar-refractivity contribution >= 4 is 17.7 Å². The molecule has 1 amide bonds. The summed E-state index contributed by atoms with van der Waals surface area (Å²) in [5.41, 5.74) is 0.873. The van der Waals surface area contributed by atoms with Gasteiger partial charge >= 0.3 is 0 Å². The van der Waals surface area contributed by atoms with E-state index in [0.717, 1.165) is 42.6 Å². The van der Waals surface area contributed by atoms with E-state index in [1.54, 1.807) is 24.3 Å². The first-order valence-electron chi connectivity index (χ1n) is 8.76. The molecule has 5 rings (SSSR count). The van der Waals surface area contributed by atoms with Crippen LogP contribution in [0, 0.1) is 27.9 Å². The number of carbonyl (C=O) groups excluding carboxylic acids is 1. The average Bonchev–Trinajstić information content (AvgIpc) is 2.51. The van der Waals surface area contributed by atoms with Crippen molar-refractivity contribution in [3.63, 3.8) is 0 Å². The molecule has 4 aliphatic rings. The van der Waals surface area contributed by atoms with Crippen molar-refractivity contribution in [2.45, 2.75) is 44.1 Å². The lowest BCUT2D eigenvalue weighted by Crippen LogP contribution is -2.59. The Balaban J connectivity index is 1.40. The van der Waals surface area contributed by atoms with Gasteiger partial charge in [-0.15, -0.1) is 0 Å². The predicted molar refractivity (Wildman–Crippen MR) is 91.2 cm³/mol. The summed E-state index contributed by atoms with van der Waals surface area (Å²) in [6.07, 6.45) is 10.7. The quantitative estimate of drug-likeness (QED) is 0.521. The van der Waals surface area contributed by atoms with Crippen molar-refractivity contribution in [2.75, 3.05) is 0 Å². The fourth-order valence-corrected chi connectivity index (χ4v) is 5.45. The van der Waals surface area contributed by atoms with Crippen LogP contribution in [0.5, 0.6) is 0 Å². The number of nitrogens with zero attached hydrogens (tertiary/aromatic N) is 1. The fraction of sp³-hybridized carbons (Fsp3) is 0.526. The Morgan fingerprint density at radius 3 is 2.12 bits per heavy atom. The number of hydrogen-bond acceptors (Lipinski definition) is 3. The van der Waals surface area contributed by atoms with E-state index >= 15 is 0 Å². The molecule has 0 aliphatic heterocycles. The highest BCUT2D eigenvalue weighted by atomic mass is 16.6. The summed E-state index contributed by atoms with van der Waals surface area (Å²) in [5.74, 6) is 2.36. The van der Waals surface area contributed by atoms with Crippen molar-refractivity contribution in [2.24, 2.45) is 17.8 Å². The van der Waals surface area contributed by atoms with E-state index < -0.39 is 4.92 Å². The van der Waals surface area contributed by atoms with Crippen LogP contribution in [0.3, 0.4) is 0 Å². The molecule has 0 unspecified atom stereocenters. The van der Waals surface area contributed by atoms with Gasteiger partial charge in [-0.1, -0.05) is 0 Å². The third-order valence-corrected chi connectivity index (χ3v) is 5.96. The molecule has 1 aromatic rings. The second-order valence-corrected chi connectivity index (χ2v) is 7.87. The van der Waals surface area contributed by atoms with E-state index in [0.29, 0.717) is 0 Å². The van der Waals surface area contributed by atoms with Crippen LogP contribution in [-0.2, 0) is 4.79 Å². The zero-order valence-electron chi connectivity index (χ0n) is 13.6. The highest BCUT2D eigenvalue weighted by Gasteiger charge is 2.51. The zero-order valence-corrected chi connectivity index (χ0v) is 13.6. The molecular formula is C19H22N2O3. The van der Waals surface area contributed by atoms with Gasteiger partial charge in [-0.25, -0.2) is 0 Å². The van der Waals surface area contributed by atoms with E-state index in [2.05, 4.69) is 5.32 Å². The molecule has 5 nitrogen and oxygen atoms in total. The van der Waals surface area contributed by atoms with E-state index in [-0.39, 0.29) is 17.1 Å². The van der Waals surface area contributed by atoms with Crippen molar-refractivity contribution in [1.29, 1.82) is 0 Å². The van der Waals surface area contributed by atoms with Crippen molar-refractivity contribution in [3.8, 4) is 0 Å². The van der Waals surface area contributed by atoms with Crippen LogP contribution in [-0.4, -0.2) is 16.4 Å². The summed E-state index contributed by atoms with van der Waals surface area (Å²) < 4.78 is 0. The molecule has 126 valence electrons. The summed E-state index contributed by atoms with van der Waals surface area (Å²) >= 11 is 0. The standard InChI is InChI=1S/C19H22N2O3/c22-18(6-3-13-1-4-17(5-2-13)21(23)24)20-19-10-14-7-15(11-19)9-16(8-14)12-19/h1-6,14-16H,7-12H2,(H,20,22). The number of nitrogens with one attached hydrogen (secondary N) is 1. The molecule has 0 aromatic heterocycles. The van der Waals surface area contributed by atoms with Crippen molar-refractivity contribution in [1.82, 2.24) is 5.32 Å². The van der Waals surface area contributed by atoms with Gasteiger partial charge in [0.2, 0.25) is 5.91 Å². The van der Waals surface area contributed by atoms with Crippen LogP contribution >= 0.6 is 0 Å². The topological polar surface area (TPSA) is 72.2 Å². The molecule has 0 radical (unpaired) electrons. The Morgan fingerprint density at radius 1 is 1.08 bits per heavy atom. The van der Waals surface area contributed by atoms with E-state index in [9.17, 15) is 14.9 Å². The van der Waals surface area contributed by atoms with Gasteiger partial charge in [-0.05, 0) is 80.1 Å². The van der Waals surface area contributed by atoms with Gasteiger partial charge in [0.15, 0.2) is 0 Å². The number of nitro groups is 1. The largest absolute Gasteiger partial charge is 0.347 e. The Morgan fingerprint density at radius 2 is 1.62 bits per heavy atom. The van der Waals surface area contributed by atoms with Crippen LogP contribution in [0.4, 0.5) is 5.69 Å². The van der Waals surface area contributed by atoms with Gasteiger partial charge in [0.05, 0.1) is 4.92 Å². The summed E-state index contributed by atoms with van der Waals surface area (Å²) in [6, 6.07) is 6.23. The third-order valence-electron chi connectivity index (χ3n) is 5.96. The first-order valence-corrected chi connectivity index (χ1v) is 8.76. The lowest BCUT2D eigenvalue weighted by atomic mass is 9.53. The third kappa shape index (κ3) is 2.95. The number of nitro benzene ring substituents is 1.